The van der Waals surface area contributed by atoms with Crippen LogP contribution in [0.3, 0.4) is 0 Å². The lowest BCUT2D eigenvalue weighted by molar-refractivity contribution is 0.0962. The lowest BCUT2D eigenvalue weighted by Gasteiger charge is -2.08. The zero-order chi connectivity index (χ0) is 12.8. The number of nitrogens with two attached hydrogens (primary N) is 1. The van der Waals surface area contributed by atoms with Crippen molar-refractivity contribution in [2.75, 3.05) is 10.9 Å². The monoisotopic (exact) mass is 314 g/mol. The molecule has 0 saturated carbocycles. The third-order valence-electron chi connectivity index (χ3n) is 2.41. The van der Waals surface area contributed by atoms with Crippen LogP contribution in [0.2, 0.25) is 0 Å². The fourth-order valence-electron chi connectivity index (χ4n) is 1.44. The first-order valence-electron chi connectivity index (χ1n) is 5.47. The Bertz CT molecular complexity index is 520. The first kappa shape index (κ1) is 18.0. The van der Waals surface area contributed by atoms with E-state index < -0.39 is 0 Å². The number of nitrogens with one attached hydrogen (secondary N) is 3. The van der Waals surface area contributed by atoms with Crippen LogP contribution in [0.5, 0.6) is 0 Å². The summed E-state index contributed by atoms with van der Waals surface area (Å²) in [5.41, 5.74) is 10.1. The van der Waals surface area contributed by atoms with Crippen molar-refractivity contribution in [1.82, 2.24) is 5.43 Å². The van der Waals surface area contributed by atoms with E-state index in [1.54, 1.807) is 24.3 Å². The van der Waals surface area contributed by atoms with Gasteiger partial charge in [-0.3, -0.25) is 21.5 Å². The van der Waals surface area contributed by atoms with Crippen molar-refractivity contribution in [2.24, 2.45) is 5.84 Å². The average Bonchev–Trinajstić information content (AvgIpc) is 2.46. The second-order valence-electron chi connectivity index (χ2n) is 3.67. The van der Waals surface area contributed by atoms with Crippen LogP contribution in [-0.4, -0.2) is 5.91 Å². The first-order chi connectivity index (χ1) is 8.79. The maximum absolute atomic E-state index is 11.8. The minimum atomic E-state index is -0.206. The molecule has 0 unspecified atom stereocenters. The molecule has 0 aliphatic rings. The maximum Gasteiger partial charge on any atom is 0.269 e. The number of hydrogen-bond acceptors (Lipinski definition) is 4. The SMILES string of the molecule is Cl.Cl.NNc1ccc(C(=O)NNc2ccccc2)cc1. The smallest absolute Gasteiger partial charge is 0.269 e. The summed E-state index contributed by atoms with van der Waals surface area (Å²) < 4.78 is 0. The van der Waals surface area contributed by atoms with Crippen molar-refractivity contribution in [3.8, 4) is 0 Å². The van der Waals surface area contributed by atoms with Crippen molar-refractivity contribution in [3.05, 3.63) is 60.2 Å². The molecule has 0 fully saturated rings. The Hall–Kier alpha value is -1.95. The number of halogens is 2. The summed E-state index contributed by atoms with van der Waals surface area (Å²) >= 11 is 0. The highest BCUT2D eigenvalue weighted by Crippen LogP contribution is 2.08. The van der Waals surface area contributed by atoms with Gasteiger partial charge in [0.15, 0.2) is 0 Å². The molecule has 0 aliphatic carbocycles. The van der Waals surface area contributed by atoms with Crippen molar-refractivity contribution >= 4 is 42.1 Å². The zero-order valence-electron chi connectivity index (χ0n) is 10.5. The third-order valence-corrected chi connectivity index (χ3v) is 2.41. The number of hydrazine groups is 2. The third kappa shape index (κ3) is 4.97. The summed E-state index contributed by atoms with van der Waals surface area (Å²) in [5, 5.41) is 0. The number of anilines is 2. The average molecular weight is 315 g/mol. The van der Waals surface area contributed by atoms with Crippen molar-refractivity contribution in [3.63, 3.8) is 0 Å². The molecule has 0 aliphatic heterocycles. The van der Waals surface area contributed by atoms with Crippen LogP contribution in [0.4, 0.5) is 11.4 Å². The van der Waals surface area contributed by atoms with E-state index in [1.807, 2.05) is 30.3 Å². The molecule has 0 aromatic heterocycles. The highest BCUT2D eigenvalue weighted by Gasteiger charge is 2.04. The predicted octanol–water partition coefficient (Wildman–Crippen LogP) is 2.57. The summed E-state index contributed by atoms with van der Waals surface area (Å²) in [7, 11) is 0. The highest BCUT2D eigenvalue weighted by atomic mass is 35.5. The number of rotatable bonds is 4. The largest absolute Gasteiger partial charge is 0.324 e. The molecule has 0 radical (unpaired) electrons. The number of amides is 1. The summed E-state index contributed by atoms with van der Waals surface area (Å²) in [6.07, 6.45) is 0. The molecule has 0 spiro atoms. The van der Waals surface area contributed by atoms with Gasteiger partial charge in [0.1, 0.15) is 0 Å². The molecule has 108 valence electrons. The number of carbonyl (C=O) groups is 1. The maximum atomic E-state index is 11.8. The summed E-state index contributed by atoms with van der Waals surface area (Å²) in [6.45, 7) is 0. The van der Waals surface area contributed by atoms with E-state index >= 15 is 0 Å². The van der Waals surface area contributed by atoms with Gasteiger partial charge in [0.05, 0.1) is 5.69 Å². The number of para-hydroxylation sites is 1. The molecular formula is C13H16Cl2N4O. The molecule has 2 aromatic rings. The Balaban J connectivity index is 0.00000180. The normalized spacial score (nSPS) is 8.65. The van der Waals surface area contributed by atoms with Crippen LogP contribution >= 0.6 is 24.8 Å². The molecule has 1 amide bonds. The van der Waals surface area contributed by atoms with E-state index in [2.05, 4.69) is 16.3 Å². The van der Waals surface area contributed by atoms with Crippen LogP contribution in [0.25, 0.3) is 0 Å². The van der Waals surface area contributed by atoms with Gasteiger partial charge in [-0.2, -0.15) is 0 Å². The van der Waals surface area contributed by atoms with Crippen LogP contribution < -0.4 is 22.1 Å². The van der Waals surface area contributed by atoms with E-state index in [9.17, 15) is 4.79 Å². The van der Waals surface area contributed by atoms with E-state index in [0.29, 0.717) is 5.56 Å². The van der Waals surface area contributed by atoms with Gasteiger partial charge in [0.25, 0.3) is 5.91 Å². The van der Waals surface area contributed by atoms with Gasteiger partial charge in [-0.1, -0.05) is 18.2 Å². The van der Waals surface area contributed by atoms with Gasteiger partial charge >= 0.3 is 0 Å². The van der Waals surface area contributed by atoms with Crippen molar-refractivity contribution < 1.29 is 4.79 Å². The molecule has 0 atom stereocenters. The Morgan fingerprint density at radius 1 is 0.850 bits per heavy atom. The standard InChI is InChI=1S/C13H14N4O.2ClH/c14-15-11-8-6-10(7-9-11)13(18)17-16-12-4-2-1-3-5-12;;/h1-9,15-16H,14H2,(H,17,18);2*1H. The van der Waals surface area contributed by atoms with Gasteiger partial charge in [0, 0.05) is 11.3 Å². The summed E-state index contributed by atoms with van der Waals surface area (Å²) in [6, 6.07) is 16.3. The highest BCUT2D eigenvalue weighted by molar-refractivity contribution is 5.95. The molecule has 7 heteroatoms. The second kappa shape index (κ2) is 9.03. The van der Waals surface area contributed by atoms with Crippen molar-refractivity contribution in [2.45, 2.75) is 0 Å². The second-order valence-corrected chi connectivity index (χ2v) is 3.67. The van der Waals surface area contributed by atoms with Crippen LogP contribution in [0.15, 0.2) is 54.6 Å². The molecular weight excluding hydrogens is 299 g/mol. The van der Waals surface area contributed by atoms with Crippen LogP contribution in [-0.2, 0) is 0 Å². The first-order valence-corrected chi connectivity index (χ1v) is 5.47. The van der Waals surface area contributed by atoms with E-state index in [0.717, 1.165) is 11.4 Å². The molecule has 0 bridgehead atoms. The van der Waals surface area contributed by atoms with E-state index in [-0.39, 0.29) is 30.7 Å². The Morgan fingerprint density at radius 3 is 2.00 bits per heavy atom. The van der Waals surface area contributed by atoms with Gasteiger partial charge in [0.2, 0.25) is 0 Å². The molecule has 2 aromatic carbocycles. The quantitative estimate of drug-likeness (QED) is 0.516. The lowest BCUT2D eigenvalue weighted by Crippen LogP contribution is -2.29. The van der Waals surface area contributed by atoms with Gasteiger partial charge in [-0.15, -0.1) is 24.8 Å². The number of hydrogen-bond donors (Lipinski definition) is 4. The lowest BCUT2D eigenvalue weighted by atomic mass is 10.2. The number of benzene rings is 2. The zero-order valence-corrected chi connectivity index (χ0v) is 12.1. The number of nitrogen functional groups attached to an aromatic ring is 1. The van der Waals surface area contributed by atoms with E-state index in [4.69, 9.17) is 5.84 Å². The van der Waals surface area contributed by atoms with Gasteiger partial charge < -0.3 is 5.43 Å². The van der Waals surface area contributed by atoms with Crippen molar-refractivity contribution in [1.29, 1.82) is 0 Å². The number of carbonyl (C=O) groups excluding carboxylic acids is 1. The molecule has 20 heavy (non-hydrogen) atoms. The summed E-state index contributed by atoms with van der Waals surface area (Å²) in [5.74, 6) is 5.04. The predicted molar refractivity (Wildman–Crippen MR) is 86.3 cm³/mol. The van der Waals surface area contributed by atoms with Crippen LogP contribution in [0, 0.1) is 0 Å². The molecule has 5 nitrogen and oxygen atoms in total. The summed E-state index contributed by atoms with van der Waals surface area (Å²) in [4.78, 5) is 11.8. The minimum absolute atomic E-state index is 0. The van der Waals surface area contributed by atoms with Gasteiger partial charge in [-0.25, -0.2) is 0 Å². The Labute approximate surface area is 129 Å². The molecule has 5 N–H and O–H groups in total. The molecule has 0 saturated heterocycles. The topological polar surface area (TPSA) is 79.2 Å². The van der Waals surface area contributed by atoms with Crippen LogP contribution in [0.1, 0.15) is 10.4 Å². The van der Waals surface area contributed by atoms with E-state index in [1.165, 1.54) is 0 Å². The molecule has 2 rings (SSSR count). The Morgan fingerprint density at radius 2 is 1.45 bits per heavy atom. The minimum Gasteiger partial charge on any atom is -0.324 e. The Kier molecular flexibility index (Phi) is 8.15. The fourth-order valence-corrected chi connectivity index (χ4v) is 1.44. The van der Waals surface area contributed by atoms with Gasteiger partial charge in [-0.05, 0) is 36.4 Å². The molecule has 0 heterocycles. The fraction of sp³-hybridized carbons (Fsp3) is 0.